The summed E-state index contributed by atoms with van der Waals surface area (Å²) in [5.74, 6) is 0.447. The van der Waals surface area contributed by atoms with Gasteiger partial charge in [-0.3, -0.25) is 19.5 Å². The largest absolute Gasteiger partial charge is 0.375 e. The Labute approximate surface area is 166 Å². The van der Waals surface area contributed by atoms with Crippen LogP contribution in [0.3, 0.4) is 0 Å². The number of likely N-dealkylation sites (N-methyl/N-ethyl adjacent to an activating group) is 1. The van der Waals surface area contributed by atoms with Crippen LogP contribution in [0.1, 0.15) is 17.5 Å². The molecule has 1 fully saturated rings. The summed E-state index contributed by atoms with van der Waals surface area (Å²) in [6.07, 6.45) is 0.682. The first-order valence-electron chi connectivity index (χ1n) is 9.59. The quantitative estimate of drug-likeness (QED) is 0.824. The fourth-order valence-corrected chi connectivity index (χ4v) is 3.44. The number of aryl methyl sites for hydroxylation is 2. The summed E-state index contributed by atoms with van der Waals surface area (Å²) in [7, 11) is 3.40. The van der Waals surface area contributed by atoms with Crippen molar-refractivity contribution in [3.8, 4) is 0 Å². The Morgan fingerprint density at radius 1 is 1.21 bits per heavy atom. The van der Waals surface area contributed by atoms with Crippen molar-refractivity contribution >= 4 is 23.3 Å². The molecule has 1 N–H and O–H groups in total. The van der Waals surface area contributed by atoms with Gasteiger partial charge in [0.25, 0.3) is 0 Å². The highest BCUT2D eigenvalue weighted by Gasteiger charge is 2.33. The fraction of sp³-hybridized carbons (Fsp3) is 0.550. The third kappa shape index (κ3) is 4.51. The van der Waals surface area contributed by atoms with Crippen molar-refractivity contribution in [3.63, 3.8) is 0 Å². The lowest BCUT2D eigenvalue weighted by Crippen LogP contribution is -2.59. The molecule has 0 aromatic heterocycles. The van der Waals surface area contributed by atoms with Gasteiger partial charge in [0.15, 0.2) is 0 Å². The maximum absolute atomic E-state index is 12.8. The van der Waals surface area contributed by atoms with Crippen molar-refractivity contribution in [2.75, 3.05) is 52.0 Å². The zero-order valence-corrected chi connectivity index (χ0v) is 17.1. The molecule has 0 spiro atoms. The second-order valence-corrected chi connectivity index (χ2v) is 7.45. The van der Waals surface area contributed by atoms with Gasteiger partial charge in [0.05, 0.1) is 5.69 Å². The number of hydrogen-bond acceptors (Lipinski definition) is 6. The molecule has 1 atom stereocenters. The molecule has 2 heterocycles. The number of ether oxygens (including phenoxy) is 1. The van der Waals surface area contributed by atoms with E-state index in [1.54, 1.807) is 4.90 Å². The van der Waals surface area contributed by atoms with Gasteiger partial charge >= 0.3 is 0 Å². The van der Waals surface area contributed by atoms with Crippen molar-refractivity contribution in [2.24, 2.45) is 5.10 Å². The number of hydrogen-bond donors (Lipinski definition) is 1. The summed E-state index contributed by atoms with van der Waals surface area (Å²) >= 11 is 0. The highest BCUT2D eigenvalue weighted by molar-refractivity contribution is 6.02. The van der Waals surface area contributed by atoms with Gasteiger partial charge in [-0.1, -0.05) is 6.07 Å². The summed E-state index contributed by atoms with van der Waals surface area (Å²) in [6.45, 7) is 6.54. The Bertz CT molecular complexity index is 779. The predicted molar refractivity (Wildman–Crippen MR) is 108 cm³/mol. The van der Waals surface area contributed by atoms with Crippen LogP contribution < -0.4 is 10.3 Å². The number of benzene rings is 1. The average molecular weight is 387 g/mol. The van der Waals surface area contributed by atoms with E-state index in [0.29, 0.717) is 31.9 Å². The van der Waals surface area contributed by atoms with Crippen molar-refractivity contribution in [3.05, 3.63) is 29.3 Å². The molecule has 3 rings (SSSR count). The van der Waals surface area contributed by atoms with Gasteiger partial charge in [-0.15, -0.1) is 0 Å². The van der Waals surface area contributed by atoms with Crippen LogP contribution in [0.15, 0.2) is 23.3 Å². The molecule has 8 heteroatoms. The third-order valence-electron chi connectivity index (χ3n) is 5.43. The number of carbonyl (C=O) groups excluding carboxylic acids is 2. The van der Waals surface area contributed by atoms with E-state index < -0.39 is 6.04 Å². The monoisotopic (exact) mass is 387 g/mol. The molecule has 28 heavy (non-hydrogen) atoms. The number of carbonyl (C=O) groups is 2. The molecule has 0 bridgehead atoms. The number of methoxy groups -OCH3 is 1. The van der Waals surface area contributed by atoms with Gasteiger partial charge in [0.1, 0.15) is 18.5 Å². The molecule has 2 aliphatic heterocycles. The van der Waals surface area contributed by atoms with E-state index in [1.165, 1.54) is 18.2 Å². The summed E-state index contributed by atoms with van der Waals surface area (Å²) in [5, 5.41) is 9.44. The smallest absolute Gasteiger partial charge is 0.248 e. The lowest BCUT2D eigenvalue weighted by Gasteiger charge is -2.38. The summed E-state index contributed by atoms with van der Waals surface area (Å²) in [4.78, 5) is 28.6. The van der Waals surface area contributed by atoms with E-state index in [1.807, 2.05) is 23.0 Å². The molecule has 0 radical (unpaired) electrons. The minimum absolute atomic E-state index is 0.0374. The first-order chi connectivity index (χ1) is 13.4. The molecule has 152 valence electrons. The number of nitrogens with one attached hydrogen (secondary N) is 1. The highest BCUT2D eigenvalue weighted by Crippen LogP contribution is 2.22. The Morgan fingerprint density at radius 3 is 2.71 bits per heavy atom. The molecule has 1 aromatic rings. The highest BCUT2D eigenvalue weighted by atomic mass is 16.5. The average Bonchev–Trinajstić information content (AvgIpc) is 3.13. The molecule has 2 amide bonds. The molecule has 1 unspecified atom stereocenters. The van der Waals surface area contributed by atoms with Gasteiger partial charge in [-0.05, 0) is 44.2 Å². The van der Waals surface area contributed by atoms with Crippen LogP contribution in [0.4, 0.5) is 5.69 Å². The second kappa shape index (κ2) is 8.70. The van der Waals surface area contributed by atoms with Gasteiger partial charge in [-0.25, -0.2) is 0 Å². The van der Waals surface area contributed by atoms with E-state index >= 15 is 0 Å². The first-order valence-corrected chi connectivity index (χ1v) is 9.59. The molecule has 2 aliphatic rings. The standard InChI is InChI=1S/C20H29N5O3/c1-14-5-6-16(11-15(14)2)25-8-7-18(22-25)21-20(27)17-12-24(10-9-23(17)3)19(26)13-28-4/h5-6,11,17H,7-10,12-13H2,1-4H3,(H,21,22,27). The van der Waals surface area contributed by atoms with Crippen LogP contribution in [0.2, 0.25) is 0 Å². The number of nitrogens with zero attached hydrogens (tertiary/aromatic N) is 4. The molecule has 1 aromatic carbocycles. The molecule has 1 saturated heterocycles. The van der Waals surface area contributed by atoms with E-state index in [2.05, 4.69) is 36.4 Å². The number of amides is 2. The fourth-order valence-electron chi connectivity index (χ4n) is 3.44. The summed E-state index contributed by atoms with van der Waals surface area (Å²) in [6, 6.07) is 5.84. The molecule has 0 aliphatic carbocycles. The van der Waals surface area contributed by atoms with Crippen molar-refractivity contribution < 1.29 is 14.3 Å². The maximum atomic E-state index is 12.8. The predicted octanol–water partition coefficient (Wildman–Crippen LogP) is 0.732. The number of anilines is 1. The van der Waals surface area contributed by atoms with Gasteiger partial charge < -0.3 is 15.0 Å². The van der Waals surface area contributed by atoms with Crippen molar-refractivity contribution in [2.45, 2.75) is 26.3 Å². The zero-order valence-electron chi connectivity index (χ0n) is 17.1. The van der Waals surface area contributed by atoms with E-state index in [0.717, 1.165) is 12.2 Å². The topological polar surface area (TPSA) is 77.5 Å². The summed E-state index contributed by atoms with van der Waals surface area (Å²) < 4.78 is 4.93. The number of piperazine rings is 1. The minimum atomic E-state index is -0.395. The maximum Gasteiger partial charge on any atom is 0.248 e. The van der Waals surface area contributed by atoms with Crippen LogP contribution in [0, 0.1) is 13.8 Å². The van der Waals surface area contributed by atoms with Crippen LogP contribution in [0.5, 0.6) is 0 Å². The van der Waals surface area contributed by atoms with E-state index in [-0.39, 0.29) is 18.4 Å². The van der Waals surface area contributed by atoms with Gasteiger partial charge in [-0.2, -0.15) is 5.10 Å². The Morgan fingerprint density at radius 2 is 2.00 bits per heavy atom. The molecule has 8 nitrogen and oxygen atoms in total. The SMILES string of the molecule is COCC(=O)N1CCN(C)C(C(=O)NC2=NN(c3ccc(C)c(C)c3)CC2)C1. The van der Waals surface area contributed by atoms with Crippen LogP contribution in [-0.4, -0.2) is 80.4 Å². The lowest BCUT2D eigenvalue weighted by molar-refractivity contribution is -0.140. The van der Waals surface area contributed by atoms with Gasteiger partial charge in [0.2, 0.25) is 11.8 Å². The molecular weight excluding hydrogens is 358 g/mol. The Kier molecular flexibility index (Phi) is 6.31. The second-order valence-electron chi connectivity index (χ2n) is 7.45. The lowest BCUT2D eigenvalue weighted by atomic mass is 10.1. The zero-order chi connectivity index (χ0) is 20.3. The van der Waals surface area contributed by atoms with Crippen LogP contribution in [0.25, 0.3) is 0 Å². The number of rotatable bonds is 4. The van der Waals surface area contributed by atoms with Gasteiger partial charge in [0, 0.05) is 39.7 Å². The number of amidine groups is 1. The first kappa shape index (κ1) is 20.3. The van der Waals surface area contributed by atoms with E-state index in [9.17, 15) is 9.59 Å². The Balaban J connectivity index is 1.63. The summed E-state index contributed by atoms with van der Waals surface area (Å²) in [5.41, 5.74) is 3.49. The normalized spacial score (nSPS) is 20.3. The molecular formula is C20H29N5O3. The number of hydrazone groups is 1. The third-order valence-corrected chi connectivity index (χ3v) is 5.43. The van der Waals surface area contributed by atoms with Crippen LogP contribution >= 0.6 is 0 Å². The van der Waals surface area contributed by atoms with E-state index in [4.69, 9.17) is 4.74 Å². The van der Waals surface area contributed by atoms with Crippen molar-refractivity contribution in [1.82, 2.24) is 15.1 Å². The van der Waals surface area contributed by atoms with Crippen molar-refractivity contribution in [1.29, 1.82) is 0 Å². The Hall–Kier alpha value is -2.45. The molecule has 0 saturated carbocycles. The minimum Gasteiger partial charge on any atom is -0.375 e. The van der Waals surface area contributed by atoms with Crippen LogP contribution in [-0.2, 0) is 14.3 Å².